The smallest absolute Gasteiger partial charge is 0.265 e. The third-order valence-electron chi connectivity index (χ3n) is 12.0. The second-order valence-electron chi connectivity index (χ2n) is 16.2. The molecule has 3 aliphatic carbocycles. The van der Waals surface area contributed by atoms with E-state index in [1.54, 1.807) is 7.05 Å². The van der Waals surface area contributed by atoms with Gasteiger partial charge in [-0.25, -0.2) is 4.98 Å². The summed E-state index contributed by atoms with van der Waals surface area (Å²) in [7, 11) is 0.713. The molecule has 2 heterocycles. The molecule has 7 rings (SSSR count). The van der Waals surface area contributed by atoms with Gasteiger partial charge in [0.15, 0.2) is 31.2 Å². The van der Waals surface area contributed by atoms with Gasteiger partial charge in [0.25, 0.3) is 5.88 Å². The van der Waals surface area contributed by atoms with Crippen LogP contribution >= 0.6 is 11.6 Å². The van der Waals surface area contributed by atoms with Crippen LogP contribution < -0.4 is 14.8 Å². The molecule has 4 atom stereocenters. The lowest BCUT2D eigenvalue weighted by Crippen LogP contribution is -2.68. The molecule has 13 heteroatoms. The molecule has 290 valence electrons. The predicted octanol–water partition coefficient (Wildman–Crippen LogP) is 8.60. The normalized spacial score (nSPS) is 22.2. The summed E-state index contributed by atoms with van der Waals surface area (Å²) in [5.74, 6) is -1.72. The summed E-state index contributed by atoms with van der Waals surface area (Å²) >= 11 is 6.87. The minimum atomic E-state index is -2.91. The van der Waals surface area contributed by atoms with Gasteiger partial charge in [0, 0.05) is 24.1 Å². The number of pyridine rings is 1. The number of fused-ring (bicyclic) bond motifs is 4. The zero-order valence-electron chi connectivity index (χ0n) is 32.7. The minimum absolute atomic E-state index is 0.00486. The molecule has 1 saturated carbocycles. The summed E-state index contributed by atoms with van der Waals surface area (Å²) in [6, 6.07) is 18.6. The number of hydrogen-bond acceptors (Lipinski definition) is 11. The Labute approximate surface area is 328 Å². The van der Waals surface area contributed by atoms with E-state index in [1.807, 2.05) is 87.7 Å². The zero-order valence-corrected chi connectivity index (χ0v) is 34.4. The van der Waals surface area contributed by atoms with E-state index in [4.69, 9.17) is 30.0 Å². The van der Waals surface area contributed by atoms with Crippen molar-refractivity contribution in [3.8, 4) is 11.6 Å². The average molecular weight is 785 g/mol. The third kappa shape index (κ3) is 6.46. The number of nitrogens with one attached hydrogen (secondary N) is 1. The number of aliphatic hydroxyl groups excluding tert-OH is 1. The quantitative estimate of drug-likeness (QED) is 0.0860. The van der Waals surface area contributed by atoms with Crippen molar-refractivity contribution < 1.29 is 33.1 Å². The molecular weight excluding hydrogens is 736 g/mol. The summed E-state index contributed by atoms with van der Waals surface area (Å²) < 4.78 is 25.9. The van der Waals surface area contributed by atoms with Crippen molar-refractivity contribution in [2.75, 3.05) is 26.0 Å². The van der Waals surface area contributed by atoms with Crippen molar-refractivity contribution in [3.63, 3.8) is 0 Å². The number of ketones is 2. The monoisotopic (exact) mass is 784 g/mol. The van der Waals surface area contributed by atoms with Gasteiger partial charge in [-0.1, -0.05) is 100.0 Å². The maximum atomic E-state index is 15.8. The lowest BCUT2D eigenvalue weighted by Gasteiger charge is -2.55. The number of halogens is 1. The number of nitrogens with zero attached hydrogens (tertiary/aromatic N) is 3. The minimum Gasteiger partial charge on any atom is -0.507 e. The molecule has 2 N–H and O–H groups in total. The number of carbonyl (C=O) groups excluding carboxylic acids is 2. The molecule has 0 amide bonds. The summed E-state index contributed by atoms with van der Waals surface area (Å²) in [4.78, 5) is 38.0. The van der Waals surface area contributed by atoms with Crippen molar-refractivity contribution >= 4 is 43.1 Å². The first-order valence-corrected chi connectivity index (χ1v) is 22.1. The van der Waals surface area contributed by atoms with Crippen molar-refractivity contribution in [3.05, 3.63) is 105 Å². The standard InChI is InChI=1S/C42H49ClN4O7Si/c1-9-47(6)32-28-21-26-20-27-30(35(39(44-5)45-38(27)43)51-22-24-16-12-10-13-17-24)33(48)29(26)36(49)42(28,54-55(7,8)41(2,3)4)37(50)31-34(32)53-46-40(31)52-23-25-18-14-11-15-19-25/h10-19,26,28,32,48H,9,20-23H2,1-8H3,(H,44,45)/t26-,28-,32-,42-/m0/s1. The highest BCUT2D eigenvalue weighted by Gasteiger charge is 2.69. The van der Waals surface area contributed by atoms with Crippen LogP contribution in [0.3, 0.4) is 0 Å². The summed E-state index contributed by atoms with van der Waals surface area (Å²) in [6.07, 6.45) is 0.598. The number of aromatic nitrogens is 2. The lowest BCUT2D eigenvalue weighted by molar-refractivity contribution is -0.140. The molecule has 0 aliphatic heterocycles. The number of anilines is 1. The Morgan fingerprint density at radius 2 is 1.62 bits per heavy atom. The maximum Gasteiger partial charge on any atom is 0.265 e. The molecule has 0 unspecified atom stereocenters. The van der Waals surface area contributed by atoms with Crippen LogP contribution in [-0.4, -0.2) is 66.3 Å². The van der Waals surface area contributed by atoms with Gasteiger partial charge in [-0.15, -0.1) is 0 Å². The van der Waals surface area contributed by atoms with Crippen LogP contribution in [0.5, 0.6) is 11.6 Å². The summed E-state index contributed by atoms with van der Waals surface area (Å²) in [6.45, 7) is 13.2. The van der Waals surface area contributed by atoms with Gasteiger partial charge in [-0.2, -0.15) is 0 Å². The predicted molar refractivity (Wildman–Crippen MR) is 213 cm³/mol. The highest BCUT2D eigenvalue weighted by molar-refractivity contribution is 6.74. The molecule has 55 heavy (non-hydrogen) atoms. The van der Waals surface area contributed by atoms with Crippen LogP contribution in [0, 0.1) is 11.8 Å². The van der Waals surface area contributed by atoms with E-state index < -0.39 is 43.4 Å². The molecule has 4 aromatic rings. The van der Waals surface area contributed by atoms with E-state index in [1.165, 1.54) is 0 Å². The van der Waals surface area contributed by atoms with Crippen LogP contribution in [0.1, 0.15) is 78.5 Å². The van der Waals surface area contributed by atoms with Gasteiger partial charge < -0.3 is 28.8 Å². The molecule has 3 aliphatic rings. The van der Waals surface area contributed by atoms with Crippen LogP contribution in [0.25, 0.3) is 5.76 Å². The lowest BCUT2D eigenvalue weighted by atomic mass is 9.57. The Morgan fingerprint density at radius 1 is 1.00 bits per heavy atom. The third-order valence-corrected chi connectivity index (χ3v) is 16.7. The van der Waals surface area contributed by atoms with Gasteiger partial charge in [-0.05, 0) is 66.8 Å². The Hall–Kier alpha value is -4.49. The van der Waals surface area contributed by atoms with Crippen LogP contribution in [0.4, 0.5) is 5.82 Å². The van der Waals surface area contributed by atoms with Crippen LogP contribution in [-0.2, 0) is 28.9 Å². The second-order valence-corrected chi connectivity index (χ2v) is 21.3. The first-order chi connectivity index (χ1) is 26.1. The Kier molecular flexibility index (Phi) is 10.2. The molecule has 0 spiro atoms. The molecular formula is C42H49ClN4O7Si. The molecule has 0 saturated heterocycles. The fraction of sp³-hybridized carbons (Fsp3) is 0.429. The first-order valence-electron chi connectivity index (χ1n) is 18.8. The van der Waals surface area contributed by atoms with Gasteiger partial charge in [0.2, 0.25) is 11.6 Å². The summed E-state index contributed by atoms with van der Waals surface area (Å²) in [5, 5.41) is 19.6. The SMILES string of the molecule is CCN(C)[C@@H]1c2onc(OCc3ccccc3)c2C(=O)[C@@]2(O[Si](C)(C)C(C)(C)C)C(=O)C3=C(O)c4c(c(Cl)nc(NC)c4OCc4ccccc4)C[C@H]3C[C@@H]12. The van der Waals surface area contributed by atoms with E-state index in [-0.39, 0.29) is 63.9 Å². The number of rotatable bonds is 11. The zero-order chi connectivity index (χ0) is 39.4. The molecule has 0 bridgehead atoms. The average Bonchev–Trinajstić information content (AvgIpc) is 3.58. The Bertz CT molecular complexity index is 2150. The van der Waals surface area contributed by atoms with Gasteiger partial charge in [-0.3, -0.25) is 14.5 Å². The number of benzene rings is 2. The first kappa shape index (κ1) is 38.8. The second kappa shape index (κ2) is 14.5. The maximum absolute atomic E-state index is 15.8. The highest BCUT2D eigenvalue weighted by Crippen LogP contribution is 2.59. The van der Waals surface area contributed by atoms with E-state index in [0.717, 1.165) is 11.1 Å². The molecule has 0 radical (unpaired) electrons. The van der Waals surface area contributed by atoms with Crippen molar-refractivity contribution in [2.24, 2.45) is 11.8 Å². The number of hydrogen-bond donors (Lipinski definition) is 2. The molecule has 11 nitrogen and oxygen atoms in total. The Balaban J connectivity index is 1.43. The van der Waals surface area contributed by atoms with Crippen molar-refractivity contribution in [1.29, 1.82) is 0 Å². The Morgan fingerprint density at radius 3 is 2.20 bits per heavy atom. The highest BCUT2D eigenvalue weighted by atomic mass is 35.5. The molecule has 2 aromatic heterocycles. The van der Waals surface area contributed by atoms with E-state index >= 15 is 9.59 Å². The number of carbonyl (C=O) groups is 2. The van der Waals surface area contributed by atoms with Crippen LogP contribution in [0.15, 0.2) is 70.8 Å². The molecule has 2 aromatic carbocycles. The topological polar surface area (TPSA) is 136 Å². The number of Topliss-reactive ketones (excluding diaryl/α,β-unsaturated/α-hetero) is 2. The largest absolute Gasteiger partial charge is 0.507 e. The van der Waals surface area contributed by atoms with Gasteiger partial charge in [0.1, 0.15) is 29.7 Å². The van der Waals surface area contributed by atoms with Gasteiger partial charge in [0.05, 0.1) is 11.6 Å². The summed E-state index contributed by atoms with van der Waals surface area (Å²) in [5.41, 5.74) is 0.822. The van der Waals surface area contributed by atoms with Crippen molar-refractivity contribution in [2.45, 2.75) is 83.5 Å². The fourth-order valence-electron chi connectivity index (χ4n) is 8.00. The molecule has 1 fully saturated rings. The van der Waals surface area contributed by atoms with Gasteiger partial charge >= 0.3 is 0 Å². The van der Waals surface area contributed by atoms with E-state index in [2.05, 4.69) is 41.1 Å². The van der Waals surface area contributed by atoms with E-state index in [0.29, 0.717) is 30.1 Å². The number of aliphatic hydroxyl groups is 1. The van der Waals surface area contributed by atoms with E-state index in [9.17, 15) is 5.11 Å². The van der Waals surface area contributed by atoms with Crippen LogP contribution in [0.2, 0.25) is 23.3 Å². The van der Waals surface area contributed by atoms with Crippen molar-refractivity contribution in [1.82, 2.24) is 15.0 Å². The number of ether oxygens (including phenoxy) is 2. The fourth-order valence-corrected chi connectivity index (χ4v) is 9.71.